The number of nitrogens with one attached hydrogen (secondary N) is 3. The number of terminal acetylenes is 1. The summed E-state index contributed by atoms with van der Waals surface area (Å²) in [4.78, 5) is 23.1. The van der Waals surface area contributed by atoms with Crippen molar-refractivity contribution in [3.05, 3.63) is 46.5 Å². The van der Waals surface area contributed by atoms with E-state index in [1.54, 1.807) is 7.11 Å². The van der Waals surface area contributed by atoms with Crippen molar-refractivity contribution >= 4 is 17.1 Å². The minimum absolute atomic E-state index is 0.0138. The van der Waals surface area contributed by atoms with Crippen molar-refractivity contribution in [2.45, 2.75) is 24.5 Å². The molecule has 1 aliphatic heterocycles. The number of rotatable bonds is 6. The number of fused-ring (bicyclic) bond motifs is 1. The van der Waals surface area contributed by atoms with E-state index < -0.39 is 23.6 Å². The van der Waals surface area contributed by atoms with E-state index in [4.69, 9.17) is 15.9 Å². The Labute approximate surface area is 170 Å². The van der Waals surface area contributed by atoms with Crippen molar-refractivity contribution in [1.82, 2.24) is 24.9 Å². The molecule has 0 amide bonds. The average Bonchev–Trinajstić information content (AvgIpc) is 3.30. The maximum Gasteiger partial charge on any atom is 0.280 e. The Hall–Kier alpha value is -3.46. The number of aromatic nitrogens is 4. The molecule has 156 valence electrons. The average molecular weight is 414 g/mol. The third-order valence-corrected chi connectivity index (χ3v) is 4.82. The standard InChI is InChI=1S/C19H19FN6O4/c1-3-19(20)13(27)9-30-17(19)26-10-21-14-15(26)23-18(24-16(14)28)25-22-8-11-4-6-12(29-2)7-5-11/h1,4-7,10,13,17,22,27H,8-9H2,2H3,(H2,23,24,25,28)/t13-,17-,19-/m1/s1. The van der Waals surface area contributed by atoms with Crippen molar-refractivity contribution < 1.29 is 19.0 Å². The van der Waals surface area contributed by atoms with Gasteiger partial charge in [0.15, 0.2) is 17.4 Å². The van der Waals surface area contributed by atoms with Crippen LogP contribution in [0.3, 0.4) is 0 Å². The van der Waals surface area contributed by atoms with E-state index >= 15 is 4.39 Å². The molecule has 0 unspecified atom stereocenters. The topological polar surface area (TPSA) is 126 Å². The predicted molar refractivity (Wildman–Crippen MR) is 105 cm³/mol. The van der Waals surface area contributed by atoms with E-state index in [1.165, 1.54) is 10.9 Å². The van der Waals surface area contributed by atoms with Crippen LogP contribution in [-0.2, 0) is 11.3 Å². The van der Waals surface area contributed by atoms with Crippen LogP contribution in [0.1, 0.15) is 11.8 Å². The molecule has 11 heteroatoms. The largest absolute Gasteiger partial charge is 0.497 e. The molecule has 0 radical (unpaired) electrons. The molecule has 10 nitrogen and oxygen atoms in total. The molecule has 1 fully saturated rings. The molecular weight excluding hydrogens is 395 g/mol. The van der Waals surface area contributed by atoms with Gasteiger partial charge < -0.3 is 14.6 Å². The fraction of sp³-hybridized carbons (Fsp3) is 0.316. The molecule has 0 aliphatic carbocycles. The first-order valence-corrected chi connectivity index (χ1v) is 9.01. The Balaban J connectivity index is 1.56. The highest BCUT2D eigenvalue weighted by Crippen LogP contribution is 2.38. The van der Waals surface area contributed by atoms with Crippen LogP contribution >= 0.6 is 0 Å². The van der Waals surface area contributed by atoms with E-state index in [0.717, 1.165) is 11.3 Å². The second-order valence-corrected chi connectivity index (χ2v) is 6.68. The highest BCUT2D eigenvalue weighted by Gasteiger charge is 2.52. The molecule has 2 aromatic heterocycles. The first kappa shape index (κ1) is 19.8. The number of benzene rings is 1. The lowest BCUT2D eigenvalue weighted by atomic mass is 10.0. The number of aromatic amines is 1. The number of methoxy groups -OCH3 is 1. The maximum absolute atomic E-state index is 15.0. The Morgan fingerprint density at radius 2 is 2.27 bits per heavy atom. The summed E-state index contributed by atoms with van der Waals surface area (Å²) in [6.45, 7) is 0.135. The molecule has 0 bridgehead atoms. The predicted octanol–water partition coefficient (Wildman–Crippen LogP) is 0.476. The minimum atomic E-state index is -2.47. The summed E-state index contributed by atoms with van der Waals surface area (Å²) in [6, 6.07) is 7.41. The Morgan fingerprint density at radius 3 is 2.97 bits per heavy atom. The number of aliphatic hydroxyl groups is 1. The van der Waals surface area contributed by atoms with Gasteiger partial charge in [0.2, 0.25) is 11.6 Å². The molecule has 30 heavy (non-hydrogen) atoms. The second kappa shape index (κ2) is 7.75. The summed E-state index contributed by atoms with van der Waals surface area (Å²) in [5, 5.41) is 9.86. The molecule has 3 atom stereocenters. The highest BCUT2D eigenvalue weighted by molar-refractivity contribution is 5.71. The van der Waals surface area contributed by atoms with Crippen LogP contribution in [0.25, 0.3) is 11.2 Å². The van der Waals surface area contributed by atoms with E-state index in [-0.39, 0.29) is 23.7 Å². The number of H-pyrrole nitrogens is 1. The van der Waals surface area contributed by atoms with Crippen molar-refractivity contribution in [2.24, 2.45) is 0 Å². The summed E-state index contributed by atoms with van der Waals surface area (Å²) >= 11 is 0. The van der Waals surface area contributed by atoms with Gasteiger partial charge in [-0.3, -0.25) is 19.8 Å². The Morgan fingerprint density at radius 1 is 1.50 bits per heavy atom. The van der Waals surface area contributed by atoms with Crippen molar-refractivity contribution in [3.63, 3.8) is 0 Å². The SMILES string of the molecule is C#C[C@@]1(F)[C@H](O)CO[C@H]1n1cnc2c(=O)[nH]c(NNCc3ccc(OC)cc3)nc21. The first-order valence-electron chi connectivity index (χ1n) is 9.01. The number of ether oxygens (including phenoxy) is 2. The van der Waals surface area contributed by atoms with Crippen molar-refractivity contribution in [3.8, 4) is 18.1 Å². The molecular formula is C19H19FN6O4. The van der Waals surface area contributed by atoms with Gasteiger partial charge in [0.05, 0.1) is 20.0 Å². The number of hydrogen-bond acceptors (Lipinski definition) is 8. The lowest BCUT2D eigenvalue weighted by Gasteiger charge is -2.23. The number of hydrogen-bond donors (Lipinski definition) is 4. The molecule has 1 saturated heterocycles. The van der Waals surface area contributed by atoms with Gasteiger partial charge in [-0.2, -0.15) is 4.98 Å². The zero-order chi connectivity index (χ0) is 21.3. The third kappa shape index (κ3) is 3.37. The van der Waals surface area contributed by atoms with Crippen LogP contribution in [0.5, 0.6) is 5.75 Å². The molecule has 3 heterocycles. The van der Waals surface area contributed by atoms with Crippen LogP contribution in [0, 0.1) is 12.3 Å². The molecule has 1 aromatic carbocycles. The van der Waals surface area contributed by atoms with Gasteiger partial charge in [0, 0.05) is 6.54 Å². The molecule has 0 saturated carbocycles. The van der Waals surface area contributed by atoms with Crippen LogP contribution in [-0.4, -0.2) is 50.1 Å². The lowest BCUT2D eigenvalue weighted by Crippen LogP contribution is -2.39. The molecule has 1 aliphatic rings. The molecule has 4 N–H and O–H groups in total. The zero-order valence-corrected chi connectivity index (χ0v) is 15.9. The fourth-order valence-electron chi connectivity index (χ4n) is 3.17. The van der Waals surface area contributed by atoms with Crippen LogP contribution in [0.2, 0.25) is 0 Å². The number of imidazole rings is 1. The fourth-order valence-corrected chi connectivity index (χ4v) is 3.17. The highest BCUT2D eigenvalue weighted by atomic mass is 19.1. The first-order chi connectivity index (χ1) is 14.5. The number of anilines is 1. The Kier molecular flexibility index (Phi) is 5.13. The summed E-state index contributed by atoms with van der Waals surface area (Å²) in [5.74, 6) is 2.77. The van der Waals surface area contributed by atoms with Crippen molar-refractivity contribution in [2.75, 3.05) is 19.1 Å². The number of hydrazine groups is 1. The number of halogens is 1. The third-order valence-electron chi connectivity index (χ3n) is 4.82. The van der Waals surface area contributed by atoms with E-state index in [1.807, 2.05) is 30.2 Å². The van der Waals surface area contributed by atoms with Crippen molar-refractivity contribution in [1.29, 1.82) is 0 Å². The zero-order valence-electron chi connectivity index (χ0n) is 15.9. The molecule has 3 aromatic rings. The summed E-state index contributed by atoms with van der Waals surface area (Å²) in [6.07, 6.45) is 3.62. The summed E-state index contributed by atoms with van der Waals surface area (Å²) in [5.41, 5.74) is 3.72. The van der Waals surface area contributed by atoms with Gasteiger partial charge in [0.25, 0.3) is 5.56 Å². The smallest absolute Gasteiger partial charge is 0.280 e. The molecule has 0 spiro atoms. The van der Waals surface area contributed by atoms with Gasteiger partial charge in [-0.15, -0.1) is 6.42 Å². The van der Waals surface area contributed by atoms with Crippen LogP contribution in [0.4, 0.5) is 10.3 Å². The normalized spacial score (nSPS) is 23.4. The van der Waals surface area contributed by atoms with Gasteiger partial charge in [-0.1, -0.05) is 18.1 Å². The van der Waals surface area contributed by atoms with Gasteiger partial charge in [-0.25, -0.2) is 14.8 Å². The number of nitrogens with zero attached hydrogens (tertiary/aromatic N) is 3. The Bertz CT molecular complexity index is 1150. The van der Waals surface area contributed by atoms with Gasteiger partial charge in [-0.05, 0) is 17.7 Å². The van der Waals surface area contributed by atoms with Gasteiger partial charge >= 0.3 is 0 Å². The lowest BCUT2D eigenvalue weighted by molar-refractivity contribution is -0.00952. The number of aliphatic hydroxyl groups excluding tert-OH is 1. The van der Waals surface area contributed by atoms with E-state index in [2.05, 4.69) is 25.8 Å². The minimum Gasteiger partial charge on any atom is -0.497 e. The van der Waals surface area contributed by atoms with E-state index in [9.17, 15) is 9.90 Å². The maximum atomic E-state index is 15.0. The van der Waals surface area contributed by atoms with Crippen LogP contribution in [0.15, 0.2) is 35.4 Å². The second-order valence-electron chi connectivity index (χ2n) is 6.68. The van der Waals surface area contributed by atoms with Gasteiger partial charge in [0.1, 0.15) is 11.9 Å². The number of alkyl halides is 1. The monoisotopic (exact) mass is 414 g/mol. The van der Waals surface area contributed by atoms with Crippen LogP contribution < -0.4 is 21.1 Å². The molecule has 4 rings (SSSR count). The summed E-state index contributed by atoms with van der Waals surface area (Å²) < 4.78 is 26.7. The quantitative estimate of drug-likeness (QED) is 0.339. The summed E-state index contributed by atoms with van der Waals surface area (Å²) in [7, 11) is 1.59. The van der Waals surface area contributed by atoms with E-state index in [0.29, 0.717) is 6.54 Å².